The van der Waals surface area contributed by atoms with Gasteiger partial charge in [-0.1, -0.05) is 19.1 Å². The zero-order chi connectivity index (χ0) is 13.9. The van der Waals surface area contributed by atoms with Gasteiger partial charge in [0.15, 0.2) is 0 Å². The predicted molar refractivity (Wildman–Crippen MR) is 79.8 cm³/mol. The molecule has 1 fully saturated rings. The summed E-state index contributed by atoms with van der Waals surface area (Å²) in [5.41, 5.74) is 2.69. The molecule has 1 aliphatic rings. The minimum absolute atomic E-state index is 0.0125. The van der Waals surface area contributed by atoms with Gasteiger partial charge in [0.1, 0.15) is 5.75 Å². The summed E-state index contributed by atoms with van der Waals surface area (Å²) in [6, 6.07) is 6.58. The maximum Gasteiger partial charge on any atom is 0.123 e. The minimum Gasteiger partial charge on any atom is -0.496 e. The maximum absolute atomic E-state index is 5.58. The molecule has 0 aliphatic carbocycles. The third-order valence-corrected chi connectivity index (χ3v) is 4.24. The van der Waals surface area contributed by atoms with E-state index in [4.69, 9.17) is 4.74 Å². The summed E-state index contributed by atoms with van der Waals surface area (Å²) in [7, 11) is 1.76. The second-order valence-corrected chi connectivity index (χ2v) is 5.68. The third kappa shape index (κ3) is 2.93. The number of ether oxygens (including phenoxy) is 1. The summed E-state index contributed by atoms with van der Waals surface area (Å²) in [6.45, 7) is 11.1. The van der Waals surface area contributed by atoms with Crippen LogP contribution in [0.4, 0.5) is 0 Å². The average molecular weight is 262 g/mol. The number of methoxy groups -OCH3 is 1. The Balaban J connectivity index is 2.36. The van der Waals surface area contributed by atoms with Crippen LogP contribution in [0, 0.1) is 0 Å². The zero-order valence-electron chi connectivity index (χ0n) is 12.6. The molecule has 106 valence electrons. The molecule has 0 bridgehead atoms. The smallest absolute Gasteiger partial charge is 0.123 e. The topological polar surface area (TPSA) is 24.5 Å². The monoisotopic (exact) mass is 262 g/mol. The van der Waals surface area contributed by atoms with E-state index in [0.717, 1.165) is 38.3 Å². The number of nitrogens with one attached hydrogen (secondary N) is 1. The summed E-state index contributed by atoms with van der Waals surface area (Å²) < 4.78 is 5.58. The molecule has 3 heteroatoms. The fourth-order valence-corrected chi connectivity index (χ4v) is 2.85. The molecule has 0 aromatic heterocycles. The number of piperazine rings is 1. The van der Waals surface area contributed by atoms with Crippen LogP contribution < -0.4 is 10.1 Å². The molecule has 0 spiro atoms. The van der Waals surface area contributed by atoms with Gasteiger partial charge in [-0.2, -0.15) is 0 Å². The molecule has 0 radical (unpaired) electrons. The molecule has 1 aromatic carbocycles. The lowest BCUT2D eigenvalue weighted by Gasteiger charge is -2.42. The van der Waals surface area contributed by atoms with Gasteiger partial charge in [-0.25, -0.2) is 0 Å². The van der Waals surface area contributed by atoms with E-state index in [9.17, 15) is 0 Å². The first-order chi connectivity index (χ1) is 9.09. The lowest BCUT2D eigenvalue weighted by molar-refractivity contribution is 0.0999. The Hall–Kier alpha value is -1.06. The molecule has 19 heavy (non-hydrogen) atoms. The highest BCUT2D eigenvalue weighted by Crippen LogP contribution is 2.35. The van der Waals surface area contributed by atoms with E-state index in [2.05, 4.69) is 49.2 Å². The van der Waals surface area contributed by atoms with E-state index >= 15 is 0 Å². The average Bonchev–Trinajstić information content (AvgIpc) is 2.47. The second-order valence-electron chi connectivity index (χ2n) is 5.68. The molecule has 1 aromatic rings. The number of aryl methyl sites for hydroxylation is 1. The van der Waals surface area contributed by atoms with Gasteiger partial charge in [-0.05, 0) is 31.9 Å². The molecule has 1 saturated heterocycles. The third-order valence-electron chi connectivity index (χ3n) is 4.24. The summed E-state index contributed by atoms with van der Waals surface area (Å²) in [4.78, 5) is 2.54. The van der Waals surface area contributed by atoms with E-state index in [-0.39, 0.29) is 5.54 Å². The van der Waals surface area contributed by atoms with Gasteiger partial charge in [0, 0.05) is 37.3 Å². The number of benzene rings is 1. The van der Waals surface area contributed by atoms with Crippen molar-refractivity contribution in [1.29, 1.82) is 0 Å². The van der Waals surface area contributed by atoms with E-state index in [1.54, 1.807) is 7.11 Å². The van der Waals surface area contributed by atoms with Gasteiger partial charge in [0.05, 0.1) is 7.11 Å². The van der Waals surface area contributed by atoms with Gasteiger partial charge in [-0.15, -0.1) is 0 Å². The van der Waals surface area contributed by atoms with Crippen LogP contribution in [0.1, 0.15) is 31.9 Å². The summed E-state index contributed by atoms with van der Waals surface area (Å²) >= 11 is 0. The van der Waals surface area contributed by atoms with Crippen LogP contribution in [0.25, 0.3) is 0 Å². The summed E-state index contributed by atoms with van der Waals surface area (Å²) in [6.07, 6.45) is 1.06. The first-order valence-corrected chi connectivity index (χ1v) is 7.22. The Morgan fingerprint density at radius 2 is 1.95 bits per heavy atom. The fraction of sp³-hybridized carbons (Fsp3) is 0.625. The first-order valence-electron chi connectivity index (χ1n) is 7.22. The van der Waals surface area contributed by atoms with Crippen LogP contribution in [0.15, 0.2) is 18.2 Å². The molecule has 0 saturated carbocycles. The molecular weight excluding hydrogens is 236 g/mol. The van der Waals surface area contributed by atoms with Gasteiger partial charge in [-0.3, -0.25) is 4.90 Å². The van der Waals surface area contributed by atoms with Crippen molar-refractivity contribution in [2.45, 2.75) is 32.7 Å². The van der Waals surface area contributed by atoms with Crippen molar-refractivity contribution in [3.05, 3.63) is 29.3 Å². The van der Waals surface area contributed by atoms with Crippen LogP contribution in [0.3, 0.4) is 0 Å². The number of nitrogens with zero attached hydrogens (tertiary/aromatic N) is 1. The largest absolute Gasteiger partial charge is 0.496 e. The fourth-order valence-electron chi connectivity index (χ4n) is 2.85. The molecule has 0 unspecified atom stereocenters. The predicted octanol–water partition coefficient (Wildman–Crippen LogP) is 2.40. The Bertz CT molecular complexity index is 423. The SMILES string of the molecule is CCc1ccc(OC)c(C(C)(C)N2CCNCC2)c1. The van der Waals surface area contributed by atoms with E-state index < -0.39 is 0 Å². The van der Waals surface area contributed by atoms with Crippen molar-refractivity contribution in [2.75, 3.05) is 33.3 Å². The molecule has 1 N–H and O–H groups in total. The standard InChI is InChI=1S/C16H26N2O/c1-5-13-6-7-15(19-4)14(12-13)16(2,3)18-10-8-17-9-11-18/h6-7,12,17H,5,8-11H2,1-4H3. The molecule has 0 amide bonds. The van der Waals surface area contributed by atoms with Crippen molar-refractivity contribution in [3.8, 4) is 5.75 Å². The molecule has 1 heterocycles. The van der Waals surface area contributed by atoms with Crippen molar-refractivity contribution in [1.82, 2.24) is 10.2 Å². The molecular formula is C16H26N2O. The molecule has 1 aliphatic heterocycles. The normalized spacial score (nSPS) is 17.5. The van der Waals surface area contributed by atoms with Gasteiger partial charge in [0.25, 0.3) is 0 Å². The van der Waals surface area contributed by atoms with Gasteiger partial charge < -0.3 is 10.1 Å². The minimum atomic E-state index is 0.0125. The van der Waals surface area contributed by atoms with Crippen molar-refractivity contribution in [3.63, 3.8) is 0 Å². The van der Waals surface area contributed by atoms with E-state index in [1.165, 1.54) is 11.1 Å². The number of hydrogen-bond donors (Lipinski definition) is 1. The van der Waals surface area contributed by atoms with Crippen LogP contribution in [-0.2, 0) is 12.0 Å². The quantitative estimate of drug-likeness (QED) is 0.902. The van der Waals surface area contributed by atoms with Crippen molar-refractivity contribution in [2.24, 2.45) is 0 Å². The van der Waals surface area contributed by atoms with E-state index in [0.29, 0.717) is 0 Å². The lowest BCUT2D eigenvalue weighted by Crippen LogP contribution is -2.51. The highest BCUT2D eigenvalue weighted by atomic mass is 16.5. The zero-order valence-corrected chi connectivity index (χ0v) is 12.6. The second kappa shape index (κ2) is 5.93. The van der Waals surface area contributed by atoms with Crippen LogP contribution in [0.2, 0.25) is 0 Å². The Kier molecular flexibility index (Phi) is 4.48. The van der Waals surface area contributed by atoms with Crippen LogP contribution >= 0.6 is 0 Å². The van der Waals surface area contributed by atoms with Crippen LogP contribution in [0.5, 0.6) is 5.75 Å². The van der Waals surface area contributed by atoms with Crippen LogP contribution in [-0.4, -0.2) is 38.2 Å². The first kappa shape index (κ1) is 14.4. The highest BCUT2D eigenvalue weighted by molar-refractivity contribution is 5.41. The molecule has 3 nitrogen and oxygen atoms in total. The summed E-state index contributed by atoms with van der Waals surface area (Å²) in [5, 5.41) is 3.42. The number of rotatable bonds is 4. The number of hydrogen-bond acceptors (Lipinski definition) is 3. The van der Waals surface area contributed by atoms with Crippen molar-refractivity contribution < 1.29 is 4.74 Å². The molecule has 2 rings (SSSR count). The Labute approximate surface area is 116 Å². The lowest BCUT2D eigenvalue weighted by atomic mass is 9.89. The Morgan fingerprint density at radius 3 is 2.53 bits per heavy atom. The van der Waals surface area contributed by atoms with Gasteiger partial charge in [0.2, 0.25) is 0 Å². The highest BCUT2D eigenvalue weighted by Gasteiger charge is 2.32. The van der Waals surface area contributed by atoms with Crippen molar-refractivity contribution >= 4 is 0 Å². The summed E-state index contributed by atoms with van der Waals surface area (Å²) in [5.74, 6) is 1.00. The van der Waals surface area contributed by atoms with E-state index in [1.807, 2.05) is 0 Å². The maximum atomic E-state index is 5.58. The Morgan fingerprint density at radius 1 is 1.26 bits per heavy atom. The molecule has 0 atom stereocenters. The van der Waals surface area contributed by atoms with Gasteiger partial charge >= 0.3 is 0 Å².